The van der Waals surface area contributed by atoms with Crippen molar-refractivity contribution in [2.75, 3.05) is 24.2 Å². The van der Waals surface area contributed by atoms with E-state index in [-0.39, 0.29) is 6.09 Å². The summed E-state index contributed by atoms with van der Waals surface area (Å²) in [5, 5.41) is 6.15. The number of nitrogens with one attached hydrogen (secondary N) is 2. The minimum atomic E-state index is -0.455. The lowest BCUT2D eigenvalue weighted by molar-refractivity contribution is 0.0528. The Kier molecular flexibility index (Phi) is 7.88. The fraction of sp³-hybridized carbons (Fsp3) is 0.471. The van der Waals surface area contributed by atoms with E-state index in [9.17, 15) is 4.79 Å². The summed E-state index contributed by atoms with van der Waals surface area (Å²) in [7, 11) is 0. The van der Waals surface area contributed by atoms with Crippen LogP contribution in [0.1, 0.15) is 27.2 Å². The van der Waals surface area contributed by atoms with Crippen molar-refractivity contribution in [2.45, 2.75) is 37.7 Å². The van der Waals surface area contributed by atoms with Gasteiger partial charge >= 0.3 is 6.09 Å². The molecule has 0 aliphatic heterocycles. The summed E-state index contributed by atoms with van der Waals surface area (Å²) in [5.74, 6) is 0.888. The first-order chi connectivity index (χ1) is 10.4. The maximum Gasteiger partial charge on any atom is 0.407 e. The zero-order valence-corrected chi connectivity index (χ0v) is 14.5. The van der Waals surface area contributed by atoms with Crippen LogP contribution in [0.4, 0.5) is 10.5 Å². The molecule has 0 unspecified atom stereocenters. The number of benzene rings is 1. The first-order valence-corrected chi connectivity index (χ1v) is 8.44. The first kappa shape index (κ1) is 18.4. The number of hydrogen-bond acceptors (Lipinski definition) is 4. The van der Waals surface area contributed by atoms with E-state index < -0.39 is 5.60 Å². The highest BCUT2D eigenvalue weighted by atomic mass is 32.2. The zero-order chi connectivity index (χ0) is 16.4. The van der Waals surface area contributed by atoms with Crippen LogP contribution in [0.5, 0.6) is 0 Å². The van der Waals surface area contributed by atoms with Crippen molar-refractivity contribution in [3.63, 3.8) is 0 Å². The van der Waals surface area contributed by atoms with Gasteiger partial charge in [0.05, 0.1) is 0 Å². The number of para-hydroxylation sites is 1. The SMILES string of the molecule is C=CCSc1ccccc1NCCCNC(=O)OC(C)(C)C. The molecular formula is C17H26N2O2S. The van der Waals surface area contributed by atoms with E-state index in [4.69, 9.17) is 4.74 Å². The smallest absolute Gasteiger partial charge is 0.407 e. The van der Waals surface area contributed by atoms with Crippen molar-refractivity contribution in [3.8, 4) is 0 Å². The molecule has 0 heterocycles. The number of alkyl carbamates (subject to hydrolysis) is 1. The monoisotopic (exact) mass is 322 g/mol. The van der Waals surface area contributed by atoms with Gasteiger partial charge in [0.2, 0.25) is 0 Å². The lowest BCUT2D eigenvalue weighted by Gasteiger charge is -2.19. The Bertz CT molecular complexity index is 484. The average Bonchev–Trinajstić information content (AvgIpc) is 2.44. The molecule has 0 aliphatic rings. The first-order valence-electron chi connectivity index (χ1n) is 7.46. The summed E-state index contributed by atoms with van der Waals surface area (Å²) in [6.07, 6.45) is 2.36. The number of anilines is 1. The van der Waals surface area contributed by atoms with Gasteiger partial charge in [0.25, 0.3) is 0 Å². The second-order valence-corrected chi connectivity index (χ2v) is 6.87. The molecule has 0 saturated heterocycles. The molecule has 122 valence electrons. The maximum absolute atomic E-state index is 11.5. The third-order valence-corrected chi connectivity index (χ3v) is 3.65. The Labute approximate surface area is 137 Å². The van der Waals surface area contributed by atoms with E-state index in [1.54, 1.807) is 11.8 Å². The quantitative estimate of drug-likeness (QED) is 0.426. The second-order valence-electron chi connectivity index (χ2n) is 5.80. The Balaban J connectivity index is 2.27. The van der Waals surface area contributed by atoms with Crippen molar-refractivity contribution in [3.05, 3.63) is 36.9 Å². The predicted molar refractivity (Wildman–Crippen MR) is 94.7 cm³/mol. The van der Waals surface area contributed by atoms with Gasteiger partial charge in [-0.1, -0.05) is 18.2 Å². The Morgan fingerprint density at radius 1 is 1.32 bits per heavy atom. The number of carbonyl (C=O) groups is 1. The van der Waals surface area contributed by atoms with Crippen LogP contribution < -0.4 is 10.6 Å². The summed E-state index contributed by atoms with van der Waals surface area (Å²) in [5.41, 5.74) is 0.663. The van der Waals surface area contributed by atoms with Crippen LogP contribution in [-0.2, 0) is 4.74 Å². The van der Waals surface area contributed by atoms with Crippen molar-refractivity contribution >= 4 is 23.5 Å². The minimum absolute atomic E-state index is 0.366. The van der Waals surface area contributed by atoms with Crippen LogP contribution in [-0.4, -0.2) is 30.5 Å². The summed E-state index contributed by atoms with van der Waals surface area (Å²) < 4.78 is 5.18. The molecule has 0 aromatic heterocycles. The Hall–Kier alpha value is -1.62. The molecular weight excluding hydrogens is 296 g/mol. The van der Waals surface area contributed by atoms with Gasteiger partial charge in [0, 0.05) is 29.4 Å². The molecule has 0 bridgehead atoms. The van der Waals surface area contributed by atoms with Gasteiger partial charge in [-0.05, 0) is 39.3 Å². The van der Waals surface area contributed by atoms with Crippen LogP contribution in [0, 0.1) is 0 Å². The highest BCUT2D eigenvalue weighted by Gasteiger charge is 2.15. The van der Waals surface area contributed by atoms with Gasteiger partial charge in [-0.2, -0.15) is 0 Å². The summed E-state index contributed by atoms with van der Waals surface area (Å²) in [6, 6.07) is 8.20. The highest BCUT2D eigenvalue weighted by Crippen LogP contribution is 2.26. The standard InChI is InChI=1S/C17H26N2O2S/c1-5-13-22-15-10-7-6-9-14(15)18-11-8-12-19-16(20)21-17(2,3)4/h5-7,9-10,18H,1,8,11-13H2,2-4H3,(H,19,20). The molecule has 0 saturated carbocycles. The molecule has 2 N–H and O–H groups in total. The van der Waals surface area contributed by atoms with E-state index >= 15 is 0 Å². The Morgan fingerprint density at radius 2 is 2.05 bits per heavy atom. The molecule has 22 heavy (non-hydrogen) atoms. The average molecular weight is 322 g/mol. The summed E-state index contributed by atoms with van der Waals surface area (Å²) in [4.78, 5) is 12.7. The van der Waals surface area contributed by atoms with Gasteiger partial charge in [0.15, 0.2) is 0 Å². The molecule has 4 nitrogen and oxygen atoms in total. The third-order valence-electron chi connectivity index (χ3n) is 2.58. The van der Waals surface area contributed by atoms with Gasteiger partial charge in [-0.15, -0.1) is 18.3 Å². The van der Waals surface area contributed by atoms with Crippen LogP contribution in [0.25, 0.3) is 0 Å². The van der Waals surface area contributed by atoms with Gasteiger partial charge in [-0.3, -0.25) is 0 Å². The van der Waals surface area contributed by atoms with Crippen molar-refractivity contribution in [1.29, 1.82) is 0 Å². The van der Waals surface area contributed by atoms with E-state index in [1.807, 2.05) is 39.0 Å². The number of thioether (sulfide) groups is 1. The van der Waals surface area contributed by atoms with Crippen LogP contribution >= 0.6 is 11.8 Å². The number of hydrogen-bond donors (Lipinski definition) is 2. The van der Waals surface area contributed by atoms with E-state index in [0.717, 1.165) is 24.4 Å². The fourth-order valence-electron chi connectivity index (χ4n) is 1.70. The number of carbonyl (C=O) groups excluding carboxylic acids is 1. The molecule has 1 aromatic carbocycles. The molecule has 0 aliphatic carbocycles. The molecule has 0 atom stereocenters. The molecule has 1 aromatic rings. The molecule has 0 radical (unpaired) electrons. The topological polar surface area (TPSA) is 50.4 Å². The zero-order valence-electron chi connectivity index (χ0n) is 13.6. The molecule has 1 rings (SSSR count). The lowest BCUT2D eigenvalue weighted by atomic mass is 10.2. The van der Waals surface area contributed by atoms with Gasteiger partial charge in [-0.25, -0.2) is 4.79 Å². The highest BCUT2D eigenvalue weighted by molar-refractivity contribution is 7.99. The number of ether oxygens (including phenoxy) is 1. The lowest BCUT2D eigenvalue weighted by Crippen LogP contribution is -2.33. The second kappa shape index (κ2) is 9.41. The van der Waals surface area contributed by atoms with Crippen molar-refractivity contribution < 1.29 is 9.53 Å². The van der Waals surface area contributed by atoms with Crippen molar-refractivity contribution in [2.24, 2.45) is 0 Å². The summed E-state index contributed by atoms with van der Waals surface area (Å²) in [6.45, 7) is 10.7. The minimum Gasteiger partial charge on any atom is -0.444 e. The normalized spacial score (nSPS) is 10.9. The van der Waals surface area contributed by atoms with Gasteiger partial charge < -0.3 is 15.4 Å². The molecule has 5 heteroatoms. The largest absolute Gasteiger partial charge is 0.444 e. The maximum atomic E-state index is 11.5. The molecule has 0 spiro atoms. The van der Waals surface area contributed by atoms with Crippen LogP contribution in [0.15, 0.2) is 41.8 Å². The third kappa shape index (κ3) is 7.98. The molecule has 1 amide bonds. The number of amides is 1. The Morgan fingerprint density at radius 3 is 2.73 bits per heavy atom. The van der Waals surface area contributed by atoms with E-state index in [0.29, 0.717) is 6.54 Å². The van der Waals surface area contributed by atoms with Gasteiger partial charge in [0.1, 0.15) is 5.60 Å². The van der Waals surface area contributed by atoms with Crippen LogP contribution in [0.3, 0.4) is 0 Å². The summed E-state index contributed by atoms with van der Waals surface area (Å²) >= 11 is 1.75. The molecule has 0 fully saturated rings. The van der Waals surface area contributed by atoms with Crippen molar-refractivity contribution in [1.82, 2.24) is 5.32 Å². The van der Waals surface area contributed by atoms with E-state index in [2.05, 4.69) is 29.3 Å². The predicted octanol–water partition coefficient (Wildman–Crippen LogP) is 4.29. The fourth-order valence-corrected chi connectivity index (χ4v) is 2.47. The van der Waals surface area contributed by atoms with E-state index in [1.165, 1.54) is 4.90 Å². The van der Waals surface area contributed by atoms with Crippen LogP contribution in [0.2, 0.25) is 0 Å². The number of rotatable bonds is 8.